The van der Waals surface area contributed by atoms with Crippen LogP contribution in [0.1, 0.15) is 38.8 Å². The van der Waals surface area contributed by atoms with Gasteiger partial charge in [-0.3, -0.25) is 0 Å². The van der Waals surface area contributed by atoms with E-state index in [1.807, 2.05) is 12.1 Å². The van der Waals surface area contributed by atoms with Gasteiger partial charge in [0.1, 0.15) is 0 Å². The summed E-state index contributed by atoms with van der Waals surface area (Å²) in [7, 11) is 0. The Bertz CT molecular complexity index is 559. The minimum atomic E-state index is -2.66. The first-order valence-electron chi connectivity index (χ1n) is 7.94. The normalized spacial score (nSPS) is 12.2. The molecule has 0 N–H and O–H groups in total. The van der Waals surface area contributed by atoms with E-state index in [0.29, 0.717) is 0 Å². The van der Waals surface area contributed by atoms with Crippen molar-refractivity contribution >= 4 is 19.7 Å². The van der Waals surface area contributed by atoms with E-state index in [9.17, 15) is 3.08 Å². The predicted octanol–water partition coefficient (Wildman–Crippen LogP) is 5.36. The molecule has 0 aromatic heterocycles. The van der Waals surface area contributed by atoms with Crippen LogP contribution in [-0.2, 0) is 13.9 Å². The molecule has 2 aromatic carbocycles. The number of hydrogen-bond donors (Lipinski definition) is 0. The zero-order valence-corrected chi connectivity index (χ0v) is 17.0. The van der Waals surface area contributed by atoms with E-state index in [2.05, 4.69) is 76.2 Å². The van der Waals surface area contributed by atoms with Crippen molar-refractivity contribution < 1.29 is 3.08 Å². The van der Waals surface area contributed by atoms with Crippen LogP contribution in [0.4, 0.5) is 0 Å². The number of rotatable bonds is 6. The maximum absolute atomic E-state index is 12.9. The summed E-state index contributed by atoms with van der Waals surface area (Å²) >= 11 is -2.66. The van der Waals surface area contributed by atoms with Crippen molar-refractivity contribution in [3.05, 3.63) is 71.8 Å². The third-order valence-electron chi connectivity index (χ3n) is 4.39. The molecule has 0 radical (unpaired) electrons. The van der Waals surface area contributed by atoms with E-state index < -0.39 is 19.7 Å². The molecular weight excluding hydrogens is 375 g/mol. The van der Waals surface area contributed by atoms with Gasteiger partial charge in [-0.2, -0.15) is 0 Å². The molecule has 116 valence electrons. The Kier molecular flexibility index (Phi) is 5.59. The molecule has 0 saturated heterocycles. The predicted molar refractivity (Wildman–Crippen MR) is 95.0 cm³/mol. The molecule has 1 nitrogen and oxygen atoms in total. The summed E-state index contributed by atoms with van der Waals surface area (Å²) < 4.78 is 14.6. The van der Waals surface area contributed by atoms with Gasteiger partial charge in [0.25, 0.3) is 0 Å². The van der Waals surface area contributed by atoms with Crippen LogP contribution in [0.15, 0.2) is 60.7 Å². The fraction of sp³-hybridized carbons (Fsp3) is 0.400. The molecule has 2 rings (SSSR count). The van der Waals surface area contributed by atoms with Crippen LogP contribution >= 0.6 is 0 Å². The third kappa shape index (κ3) is 4.52. The quantitative estimate of drug-likeness (QED) is 0.596. The van der Waals surface area contributed by atoms with E-state index in [4.69, 9.17) is 0 Å². The first-order chi connectivity index (χ1) is 10.3. The van der Waals surface area contributed by atoms with Crippen LogP contribution < -0.4 is 0 Å². The zero-order chi connectivity index (χ0) is 16.2. The van der Waals surface area contributed by atoms with Gasteiger partial charge in [-0.25, -0.2) is 0 Å². The summed E-state index contributed by atoms with van der Waals surface area (Å²) in [6.07, 6.45) is 0. The summed E-state index contributed by atoms with van der Waals surface area (Å²) in [5.41, 5.74) is 2.60. The summed E-state index contributed by atoms with van der Waals surface area (Å²) in [6.45, 7) is 8.87. The number of hydrogen-bond acceptors (Lipinski definition) is 1. The molecule has 0 aliphatic carbocycles. The third-order valence-corrected chi connectivity index (χ3v) is 11.7. The Morgan fingerprint density at radius 3 is 1.32 bits per heavy atom. The Balaban J connectivity index is 2.07. The molecule has 0 saturated carbocycles. The fourth-order valence-corrected chi connectivity index (χ4v) is 10.2. The molecule has 0 amide bonds. The SMILES string of the molecule is CC(C)([CH2][Sn](=[O])[CH2]C(C)(C)c1ccccc1)c1ccccc1. The maximum atomic E-state index is 12.9. The summed E-state index contributed by atoms with van der Waals surface area (Å²) in [5, 5.41) is 0. The van der Waals surface area contributed by atoms with Crippen molar-refractivity contribution in [2.45, 2.75) is 47.4 Å². The van der Waals surface area contributed by atoms with Gasteiger partial charge < -0.3 is 0 Å². The monoisotopic (exact) mass is 402 g/mol. The van der Waals surface area contributed by atoms with E-state index in [-0.39, 0.29) is 10.8 Å². The summed E-state index contributed by atoms with van der Waals surface area (Å²) in [6, 6.07) is 21.0. The summed E-state index contributed by atoms with van der Waals surface area (Å²) in [4.78, 5) is 0. The second-order valence-corrected chi connectivity index (χ2v) is 12.5. The van der Waals surface area contributed by atoms with E-state index in [1.54, 1.807) is 0 Å². The topological polar surface area (TPSA) is 17.1 Å². The minimum absolute atomic E-state index is 0.00452. The molecule has 22 heavy (non-hydrogen) atoms. The van der Waals surface area contributed by atoms with E-state index in [1.165, 1.54) is 11.1 Å². The van der Waals surface area contributed by atoms with Crippen molar-refractivity contribution in [2.75, 3.05) is 0 Å². The van der Waals surface area contributed by atoms with Gasteiger partial charge in [0, 0.05) is 0 Å². The van der Waals surface area contributed by atoms with Gasteiger partial charge in [-0.1, -0.05) is 0 Å². The van der Waals surface area contributed by atoms with Crippen molar-refractivity contribution in [3.63, 3.8) is 0 Å². The zero-order valence-electron chi connectivity index (χ0n) is 14.1. The molecule has 0 atom stereocenters. The second-order valence-electron chi connectivity index (χ2n) is 7.39. The van der Waals surface area contributed by atoms with Crippen LogP contribution in [-0.4, -0.2) is 19.7 Å². The molecule has 0 aliphatic rings. The molecule has 0 heterocycles. The summed E-state index contributed by atoms with van der Waals surface area (Å²) in [5.74, 6) is 0. The van der Waals surface area contributed by atoms with Crippen molar-refractivity contribution in [1.29, 1.82) is 0 Å². The molecule has 0 unspecified atom stereocenters. The van der Waals surface area contributed by atoms with Crippen molar-refractivity contribution in [2.24, 2.45) is 0 Å². The standard InChI is InChI=1S/2C10H13.O.Sn/c2*1-10(2,3)9-7-5-4-6-8-9;;/h2*4-8H,1H2,2-3H3;;. The Morgan fingerprint density at radius 2 is 1.00 bits per heavy atom. The van der Waals surface area contributed by atoms with Crippen molar-refractivity contribution in [3.8, 4) is 0 Å². The van der Waals surface area contributed by atoms with Gasteiger partial charge in [-0.05, 0) is 0 Å². The molecule has 0 fully saturated rings. The van der Waals surface area contributed by atoms with Crippen LogP contribution in [0.5, 0.6) is 0 Å². The van der Waals surface area contributed by atoms with Gasteiger partial charge >= 0.3 is 142 Å². The van der Waals surface area contributed by atoms with Gasteiger partial charge in [0.05, 0.1) is 0 Å². The first-order valence-corrected chi connectivity index (χ1v) is 13.1. The van der Waals surface area contributed by atoms with Crippen LogP contribution in [0.3, 0.4) is 0 Å². The van der Waals surface area contributed by atoms with Crippen LogP contribution in [0.2, 0.25) is 8.87 Å². The molecule has 0 bridgehead atoms. The molecule has 2 aromatic rings. The second kappa shape index (κ2) is 7.08. The van der Waals surface area contributed by atoms with Gasteiger partial charge in [0.2, 0.25) is 0 Å². The average molecular weight is 401 g/mol. The molecule has 0 aliphatic heterocycles. The van der Waals surface area contributed by atoms with Gasteiger partial charge in [0.15, 0.2) is 0 Å². The van der Waals surface area contributed by atoms with Crippen LogP contribution in [0.25, 0.3) is 0 Å². The van der Waals surface area contributed by atoms with E-state index in [0.717, 1.165) is 8.87 Å². The number of benzene rings is 2. The fourth-order valence-electron chi connectivity index (χ4n) is 3.03. The van der Waals surface area contributed by atoms with Crippen LogP contribution in [0, 0.1) is 0 Å². The Morgan fingerprint density at radius 1 is 0.682 bits per heavy atom. The molecule has 2 heteroatoms. The van der Waals surface area contributed by atoms with Crippen molar-refractivity contribution in [1.82, 2.24) is 0 Å². The van der Waals surface area contributed by atoms with E-state index >= 15 is 0 Å². The first kappa shape index (κ1) is 17.4. The Hall–Kier alpha value is -0.961. The average Bonchev–Trinajstić information content (AvgIpc) is 2.48. The Labute approximate surface area is 141 Å². The molecule has 0 spiro atoms. The molecular formula is C20H26OSn. The van der Waals surface area contributed by atoms with Gasteiger partial charge in [-0.15, -0.1) is 0 Å².